The largest absolute Gasteiger partial charge is 0.480 e. The Morgan fingerprint density at radius 3 is 2.70 bits per heavy atom. The molecule has 258 valence electrons. The van der Waals surface area contributed by atoms with Gasteiger partial charge < -0.3 is 20.2 Å². The van der Waals surface area contributed by atoms with Crippen molar-refractivity contribution in [1.29, 1.82) is 0 Å². The number of aliphatic carboxylic acids is 1. The van der Waals surface area contributed by atoms with E-state index in [1.807, 2.05) is 46.3 Å². The normalized spacial score (nSPS) is 18.5. The smallest absolute Gasteiger partial charge is 0.317 e. The number of piperidine rings is 1. The maximum absolute atomic E-state index is 13.8. The number of pyridine rings is 2. The van der Waals surface area contributed by atoms with Gasteiger partial charge in [-0.2, -0.15) is 0 Å². The number of benzene rings is 2. The first-order valence-electron chi connectivity index (χ1n) is 17.1. The molecule has 1 saturated heterocycles. The van der Waals surface area contributed by atoms with E-state index < -0.39 is 5.97 Å². The van der Waals surface area contributed by atoms with Crippen LogP contribution < -0.4 is 10.2 Å². The molecule has 2 N–H and O–H groups in total. The van der Waals surface area contributed by atoms with Crippen LogP contribution in [-0.2, 0) is 27.2 Å². The minimum Gasteiger partial charge on any atom is -0.480 e. The molecule has 3 aliphatic rings. The Labute approximate surface area is 295 Å². The fraction of sp³-hybridized carbons (Fsp3) is 0.368. The number of carboxylic acid groups (broad SMARTS) is 1. The first-order valence-corrected chi connectivity index (χ1v) is 18.0. The highest BCUT2D eigenvalue weighted by molar-refractivity contribution is 8.16. The fourth-order valence-corrected chi connectivity index (χ4v) is 8.53. The van der Waals surface area contributed by atoms with Crippen molar-refractivity contribution >= 4 is 62.7 Å². The van der Waals surface area contributed by atoms with E-state index in [-0.39, 0.29) is 29.7 Å². The maximum Gasteiger partial charge on any atom is 0.317 e. The van der Waals surface area contributed by atoms with Crippen molar-refractivity contribution in [2.24, 2.45) is 4.99 Å². The molecule has 0 aliphatic carbocycles. The van der Waals surface area contributed by atoms with Crippen LogP contribution in [0.15, 0.2) is 65.9 Å². The van der Waals surface area contributed by atoms with Gasteiger partial charge >= 0.3 is 5.97 Å². The summed E-state index contributed by atoms with van der Waals surface area (Å²) in [5.74, 6) is -0.100. The summed E-state index contributed by atoms with van der Waals surface area (Å²) in [4.78, 5) is 56.7. The average molecular weight is 692 g/mol. The minimum atomic E-state index is -0.830. The molecule has 0 spiro atoms. The second-order valence-corrected chi connectivity index (χ2v) is 14.6. The fourth-order valence-electron chi connectivity index (χ4n) is 7.20. The van der Waals surface area contributed by atoms with Crippen LogP contribution in [0.3, 0.4) is 0 Å². The van der Waals surface area contributed by atoms with E-state index in [2.05, 4.69) is 35.4 Å². The Morgan fingerprint density at radius 1 is 1.06 bits per heavy atom. The zero-order chi connectivity index (χ0) is 34.9. The van der Waals surface area contributed by atoms with Crippen molar-refractivity contribution in [3.63, 3.8) is 0 Å². The topological polar surface area (TPSA) is 131 Å². The number of aliphatic imine (C=N–C) groups is 1. The Balaban J connectivity index is 1.08. The van der Waals surface area contributed by atoms with E-state index in [9.17, 15) is 19.5 Å². The summed E-state index contributed by atoms with van der Waals surface area (Å²) in [7, 11) is 3.56. The number of carboxylic acids is 1. The Hall–Kier alpha value is -4.81. The number of hydrogen-bond donors (Lipinski definition) is 2. The van der Waals surface area contributed by atoms with Gasteiger partial charge in [0.2, 0.25) is 5.91 Å². The number of amides is 2. The highest BCUT2D eigenvalue weighted by atomic mass is 32.2. The van der Waals surface area contributed by atoms with Gasteiger partial charge in [-0.1, -0.05) is 36.0 Å². The number of hydrogen-bond acceptors (Lipinski definition) is 9. The first kappa shape index (κ1) is 33.7. The molecule has 2 amide bonds. The molecule has 2 aromatic carbocycles. The number of rotatable bonds is 10. The van der Waals surface area contributed by atoms with Crippen molar-refractivity contribution in [1.82, 2.24) is 19.8 Å². The summed E-state index contributed by atoms with van der Waals surface area (Å²) in [5, 5.41) is 14.4. The Bertz CT molecular complexity index is 2010. The second kappa shape index (κ2) is 14.2. The van der Waals surface area contributed by atoms with Crippen LogP contribution in [-0.4, -0.2) is 99.3 Å². The molecule has 0 bridgehead atoms. The van der Waals surface area contributed by atoms with Gasteiger partial charge in [0.15, 0.2) is 10.9 Å². The number of nitrogens with zero attached hydrogens (tertiary/aromatic N) is 6. The third-order valence-electron chi connectivity index (χ3n) is 9.86. The number of thioether (sulfide) groups is 1. The van der Waals surface area contributed by atoms with E-state index in [1.54, 1.807) is 25.2 Å². The first-order chi connectivity index (χ1) is 24.2. The van der Waals surface area contributed by atoms with E-state index in [1.165, 1.54) is 11.8 Å². The number of nitrogens with one attached hydrogen (secondary N) is 1. The number of aromatic nitrogens is 2. The molecule has 0 saturated carbocycles. The van der Waals surface area contributed by atoms with Crippen LogP contribution in [0.25, 0.3) is 22.0 Å². The van der Waals surface area contributed by atoms with Crippen LogP contribution in [0, 0.1) is 6.92 Å². The molecule has 50 heavy (non-hydrogen) atoms. The highest BCUT2D eigenvalue weighted by Gasteiger charge is 2.40. The van der Waals surface area contributed by atoms with Crippen molar-refractivity contribution < 1.29 is 19.5 Å². The number of carbonyl (C=O) groups excluding carboxylic acids is 2. The molecule has 2 unspecified atom stereocenters. The summed E-state index contributed by atoms with van der Waals surface area (Å²) < 4.78 is 0. The minimum absolute atomic E-state index is 0.0181. The van der Waals surface area contributed by atoms with Gasteiger partial charge in [-0.05, 0) is 84.7 Å². The van der Waals surface area contributed by atoms with Gasteiger partial charge in [0.25, 0.3) is 5.91 Å². The predicted molar refractivity (Wildman–Crippen MR) is 198 cm³/mol. The molecule has 4 aromatic rings. The lowest BCUT2D eigenvalue weighted by Gasteiger charge is -2.32. The molecule has 0 radical (unpaired) electrons. The summed E-state index contributed by atoms with van der Waals surface area (Å²) in [6.07, 6.45) is 7.22. The van der Waals surface area contributed by atoms with E-state index in [0.29, 0.717) is 36.9 Å². The Kier molecular flexibility index (Phi) is 9.56. The van der Waals surface area contributed by atoms with Gasteiger partial charge in [0, 0.05) is 74.6 Å². The van der Waals surface area contributed by atoms with Crippen LogP contribution in [0.5, 0.6) is 0 Å². The van der Waals surface area contributed by atoms with Crippen LogP contribution in [0.4, 0.5) is 17.2 Å². The van der Waals surface area contributed by atoms with Crippen molar-refractivity contribution in [2.45, 2.75) is 50.3 Å². The van der Waals surface area contributed by atoms with Crippen molar-refractivity contribution in [2.75, 3.05) is 50.5 Å². The van der Waals surface area contributed by atoms with Crippen molar-refractivity contribution in [3.8, 4) is 11.1 Å². The van der Waals surface area contributed by atoms with Crippen LogP contribution in [0.2, 0.25) is 0 Å². The highest BCUT2D eigenvalue weighted by Crippen LogP contribution is 2.41. The summed E-state index contributed by atoms with van der Waals surface area (Å²) in [5.41, 5.74) is 8.09. The standard InChI is InChI=1S/C38H41N7O4S/c1-23-26(8-5-10-29(23)41-36-35-25(13-16-39-36)19-24(20-40-35)7-4-12-33(46)43(2)3)27-9-6-11-31-28(27)14-18-45(31)38(49)37-42-30-15-17-44(22-34(47)48)21-32(30)50-37/h5-6,8-11,13,16,19-20,30,32H,4,7,12,14-15,17-18,21-22H2,1-3H3,(H,39,41)(H,47,48). The maximum atomic E-state index is 13.8. The van der Waals surface area contributed by atoms with E-state index in [4.69, 9.17) is 9.98 Å². The number of anilines is 3. The van der Waals surface area contributed by atoms with Gasteiger partial charge in [-0.3, -0.25) is 29.3 Å². The van der Waals surface area contributed by atoms with Gasteiger partial charge in [-0.15, -0.1) is 0 Å². The van der Waals surface area contributed by atoms with E-state index >= 15 is 0 Å². The molecule has 7 rings (SSSR count). The zero-order valence-corrected chi connectivity index (χ0v) is 29.4. The molecular formula is C38H41N7O4S. The summed E-state index contributed by atoms with van der Waals surface area (Å²) in [6, 6.07) is 16.5. The van der Waals surface area contributed by atoms with Gasteiger partial charge in [0.1, 0.15) is 5.52 Å². The molecular weight excluding hydrogens is 651 g/mol. The number of aryl methyl sites for hydroxylation is 1. The summed E-state index contributed by atoms with van der Waals surface area (Å²) >= 11 is 1.50. The monoisotopic (exact) mass is 691 g/mol. The lowest BCUT2D eigenvalue weighted by atomic mass is 9.93. The molecule has 1 fully saturated rings. The molecule has 5 heterocycles. The lowest BCUT2D eigenvalue weighted by molar-refractivity contribution is -0.138. The third-order valence-corrected chi connectivity index (χ3v) is 11.1. The molecule has 11 nitrogen and oxygen atoms in total. The van der Waals surface area contributed by atoms with Gasteiger partial charge in [-0.25, -0.2) is 4.98 Å². The average Bonchev–Trinajstić information content (AvgIpc) is 3.73. The third kappa shape index (κ3) is 6.82. The Morgan fingerprint density at radius 2 is 1.88 bits per heavy atom. The van der Waals surface area contributed by atoms with Crippen LogP contribution >= 0.6 is 11.8 Å². The summed E-state index contributed by atoms with van der Waals surface area (Å²) in [6.45, 7) is 4.00. The lowest BCUT2D eigenvalue weighted by Crippen LogP contribution is -2.45. The predicted octanol–water partition coefficient (Wildman–Crippen LogP) is 5.32. The van der Waals surface area contributed by atoms with Crippen molar-refractivity contribution in [3.05, 3.63) is 77.6 Å². The quantitative estimate of drug-likeness (QED) is 0.227. The molecule has 12 heteroatoms. The SMILES string of the molecule is Cc1c(Nc2nccc3cc(CCCC(=O)N(C)C)cnc23)cccc1-c1cccc2c1CCN2C(=O)C1=NC2CCN(CC(=O)O)CC2S1. The number of fused-ring (bicyclic) bond motifs is 3. The molecule has 2 atom stereocenters. The number of likely N-dealkylation sites (tertiary alicyclic amines) is 1. The van der Waals surface area contributed by atoms with Crippen LogP contribution in [0.1, 0.15) is 36.0 Å². The van der Waals surface area contributed by atoms with E-state index in [0.717, 1.165) is 75.8 Å². The molecule has 2 aromatic heterocycles. The van der Waals surface area contributed by atoms with Gasteiger partial charge in [0.05, 0.1) is 12.6 Å². The number of carbonyl (C=O) groups is 3. The second-order valence-electron chi connectivity index (χ2n) is 13.4. The molecule has 3 aliphatic heterocycles. The zero-order valence-electron chi connectivity index (χ0n) is 28.6.